The van der Waals surface area contributed by atoms with Gasteiger partial charge in [-0.25, -0.2) is 4.39 Å². The fourth-order valence-electron chi connectivity index (χ4n) is 5.13. The van der Waals surface area contributed by atoms with Crippen molar-refractivity contribution in [2.75, 3.05) is 52.0 Å². The highest BCUT2D eigenvalue weighted by Crippen LogP contribution is 2.42. The van der Waals surface area contributed by atoms with E-state index >= 15 is 4.39 Å². The van der Waals surface area contributed by atoms with Crippen LogP contribution < -0.4 is 19.1 Å². The van der Waals surface area contributed by atoms with Crippen molar-refractivity contribution < 1.29 is 32.9 Å². The summed E-state index contributed by atoms with van der Waals surface area (Å²) in [6.07, 6.45) is 0.767. The molecule has 0 fully saturated rings. The second-order valence-electron chi connectivity index (χ2n) is 11.1. The number of nitrogens with zero attached hydrogens (tertiary/aromatic N) is 2. The van der Waals surface area contributed by atoms with Gasteiger partial charge in [-0.15, -0.1) is 0 Å². The number of fused-ring (bicyclic) bond motifs is 1. The summed E-state index contributed by atoms with van der Waals surface area (Å²) in [4.78, 5) is 29.3. The Labute approximate surface area is 248 Å². The molecule has 0 aromatic heterocycles. The first-order valence-electron chi connectivity index (χ1n) is 14.4. The first-order valence-corrected chi connectivity index (χ1v) is 14.4. The minimum Gasteiger partial charge on any atom is -0.493 e. The Morgan fingerprint density at radius 2 is 1.74 bits per heavy atom. The smallest absolute Gasteiger partial charge is 0.305 e. The third-order valence-corrected chi connectivity index (χ3v) is 7.32. The van der Waals surface area contributed by atoms with Crippen molar-refractivity contribution in [2.24, 2.45) is 0 Å². The minimum atomic E-state index is -0.671. The molecule has 2 aromatic carbocycles. The van der Waals surface area contributed by atoms with E-state index in [0.717, 1.165) is 11.3 Å². The fourth-order valence-corrected chi connectivity index (χ4v) is 5.13. The van der Waals surface area contributed by atoms with Gasteiger partial charge in [-0.05, 0) is 56.4 Å². The SMILES string of the molecule is CCOC(=O)CCCOc1c(N(CC)CC)cc(C(=O)CN2Cc3cc(OC)c(OC)c(F)c3C2=N)cc1C(C)(C)C. The molecule has 0 radical (unpaired) electrons. The summed E-state index contributed by atoms with van der Waals surface area (Å²) < 4.78 is 37.1. The normalized spacial score (nSPS) is 12.7. The molecule has 230 valence electrons. The van der Waals surface area contributed by atoms with Gasteiger partial charge in [-0.2, -0.15) is 0 Å². The zero-order valence-electron chi connectivity index (χ0n) is 26.1. The molecule has 1 heterocycles. The third kappa shape index (κ3) is 6.97. The first-order chi connectivity index (χ1) is 19.9. The van der Waals surface area contributed by atoms with Crippen LogP contribution in [-0.4, -0.2) is 69.6 Å². The van der Waals surface area contributed by atoms with Crippen molar-refractivity contribution >= 4 is 23.3 Å². The Hall–Kier alpha value is -3.82. The molecule has 0 unspecified atom stereocenters. The molecule has 10 heteroatoms. The molecule has 0 atom stereocenters. The van der Waals surface area contributed by atoms with E-state index < -0.39 is 5.82 Å². The number of carbonyl (C=O) groups excluding carboxylic acids is 2. The quantitative estimate of drug-likeness (QED) is 0.170. The highest BCUT2D eigenvalue weighted by Gasteiger charge is 2.33. The number of nitrogens with one attached hydrogen (secondary N) is 1. The third-order valence-electron chi connectivity index (χ3n) is 7.32. The monoisotopic (exact) mass is 585 g/mol. The van der Waals surface area contributed by atoms with Crippen molar-refractivity contribution in [1.82, 2.24) is 4.90 Å². The van der Waals surface area contributed by atoms with Gasteiger partial charge in [0.15, 0.2) is 23.1 Å². The Bertz CT molecular complexity index is 1320. The molecule has 0 saturated heterocycles. The van der Waals surface area contributed by atoms with Crippen LogP contribution in [0.15, 0.2) is 18.2 Å². The number of carbonyl (C=O) groups is 2. The number of esters is 1. The van der Waals surface area contributed by atoms with Gasteiger partial charge in [0.05, 0.1) is 45.2 Å². The number of benzene rings is 2. The number of Topliss-reactive ketones (excluding diaryl/α,β-unsaturated/α-hetero) is 1. The number of hydrogen-bond acceptors (Lipinski definition) is 8. The van der Waals surface area contributed by atoms with Crippen LogP contribution in [0.3, 0.4) is 0 Å². The van der Waals surface area contributed by atoms with Gasteiger partial charge < -0.3 is 28.7 Å². The molecular formula is C32H44FN3O6. The Kier molecular flexibility index (Phi) is 10.8. The topological polar surface area (TPSA) is 101 Å². The van der Waals surface area contributed by atoms with Gasteiger partial charge in [0.2, 0.25) is 0 Å². The second kappa shape index (κ2) is 13.9. The molecule has 0 saturated carbocycles. The van der Waals surface area contributed by atoms with Gasteiger partial charge in [-0.1, -0.05) is 20.8 Å². The summed E-state index contributed by atoms with van der Waals surface area (Å²) in [5.41, 5.74) is 2.47. The lowest BCUT2D eigenvalue weighted by Crippen LogP contribution is -2.31. The highest BCUT2D eigenvalue weighted by atomic mass is 19.1. The number of ether oxygens (including phenoxy) is 4. The lowest BCUT2D eigenvalue weighted by Gasteiger charge is -2.31. The van der Waals surface area contributed by atoms with Crippen LogP contribution in [0.1, 0.15) is 81.4 Å². The van der Waals surface area contributed by atoms with E-state index in [1.165, 1.54) is 14.2 Å². The van der Waals surface area contributed by atoms with Crippen molar-refractivity contribution in [1.29, 1.82) is 5.41 Å². The molecule has 1 aliphatic rings. The van der Waals surface area contributed by atoms with Crippen molar-refractivity contribution in [3.05, 3.63) is 46.3 Å². The van der Waals surface area contributed by atoms with E-state index in [4.69, 9.17) is 24.4 Å². The van der Waals surface area contributed by atoms with Crippen molar-refractivity contribution in [2.45, 2.75) is 66.3 Å². The maximum atomic E-state index is 15.3. The van der Waals surface area contributed by atoms with Crippen LogP contribution in [0.4, 0.5) is 10.1 Å². The van der Waals surface area contributed by atoms with Gasteiger partial charge in [0.1, 0.15) is 11.6 Å². The lowest BCUT2D eigenvalue weighted by molar-refractivity contribution is -0.143. The molecule has 3 rings (SSSR count). The summed E-state index contributed by atoms with van der Waals surface area (Å²) in [7, 11) is 2.78. The van der Waals surface area contributed by atoms with E-state index in [1.807, 2.05) is 26.0 Å². The largest absolute Gasteiger partial charge is 0.493 e. The number of hydrogen-bond donors (Lipinski definition) is 1. The number of amidine groups is 1. The van der Waals surface area contributed by atoms with Crippen molar-refractivity contribution in [3.63, 3.8) is 0 Å². The van der Waals surface area contributed by atoms with Crippen LogP contribution in [-0.2, 0) is 21.5 Å². The standard InChI is InChI=1S/C32H44FN3O6/c1-9-35(10-2)23-16-20(15-22(32(4,5)6)29(23)42-14-12-13-26(38)41-11-3)24(37)19-36-18-21-17-25(39-7)30(40-8)28(33)27(21)31(36)34/h15-17,34H,9-14,18-19H2,1-8H3. The van der Waals surface area contributed by atoms with Gasteiger partial charge in [-0.3, -0.25) is 15.0 Å². The van der Waals surface area contributed by atoms with Gasteiger partial charge >= 0.3 is 5.97 Å². The number of halogens is 1. The first kappa shape index (κ1) is 32.7. The molecule has 2 aromatic rings. The average Bonchev–Trinajstić information content (AvgIpc) is 3.25. The summed E-state index contributed by atoms with van der Waals surface area (Å²) in [6.45, 7) is 14.2. The van der Waals surface area contributed by atoms with Gasteiger partial charge in [0, 0.05) is 37.2 Å². The van der Waals surface area contributed by atoms with E-state index in [0.29, 0.717) is 49.6 Å². The van der Waals surface area contributed by atoms with E-state index in [1.54, 1.807) is 17.9 Å². The lowest BCUT2D eigenvalue weighted by atomic mass is 9.84. The van der Waals surface area contributed by atoms with Crippen LogP contribution >= 0.6 is 0 Å². The Balaban J connectivity index is 1.94. The maximum absolute atomic E-state index is 15.3. The number of ketones is 1. The molecule has 1 N–H and O–H groups in total. The van der Waals surface area contributed by atoms with Crippen LogP contribution in [0.25, 0.3) is 0 Å². The molecular weight excluding hydrogens is 541 g/mol. The number of rotatable bonds is 14. The molecule has 0 bridgehead atoms. The van der Waals surface area contributed by atoms with E-state index in [9.17, 15) is 9.59 Å². The molecule has 1 aliphatic heterocycles. The predicted octanol–water partition coefficient (Wildman–Crippen LogP) is 5.73. The summed E-state index contributed by atoms with van der Waals surface area (Å²) in [5.74, 6) is -0.326. The number of methoxy groups -OCH3 is 2. The number of anilines is 1. The molecule has 0 amide bonds. The van der Waals surface area contributed by atoms with E-state index in [2.05, 4.69) is 25.7 Å². The van der Waals surface area contributed by atoms with Crippen LogP contribution in [0.5, 0.6) is 17.2 Å². The van der Waals surface area contributed by atoms with Gasteiger partial charge in [0.25, 0.3) is 0 Å². The maximum Gasteiger partial charge on any atom is 0.305 e. The summed E-state index contributed by atoms with van der Waals surface area (Å²) in [6, 6.07) is 5.35. The van der Waals surface area contributed by atoms with E-state index in [-0.39, 0.29) is 59.6 Å². The summed E-state index contributed by atoms with van der Waals surface area (Å²) in [5, 5.41) is 8.66. The Morgan fingerprint density at radius 1 is 1.05 bits per heavy atom. The van der Waals surface area contributed by atoms with Crippen LogP contribution in [0, 0.1) is 11.2 Å². The highest BCUT2D eigenvalue weighted by molar-refractivity contribution is 6.06. The zero-order chi connectivity index (χ0) is 31.2. The minimum absolute atomic E-state index is 0.0642. The fraction of sp³-hybridized carbons (Fsp3) is 0.531. The Morgan fingerprint density at radius 3 is 2.31 bits per heavy atom. The van der Waals surface area contributed by atoms with Crippen molar-refractivity contribution in [3.8, 4) is 17.2 Å². The summed E-state index contributed by atoms with van der Waals surface area (Å²) >= 11 is 0. The predicted molar refractivity (Wildman–Crippen MR) is 161 cm³/mol. The molecule has 42 heavy (non-hydrogen) atoms. The molecule has 9 nitrogen and oxygen atoms in total. The average molecular weight is 586 g/mol. The molecule has 0 aliphatic carbocycles. The molecule has 0 spiro atoms. The second-order valence-corrected chi connectivity index (χ2v) is 11.1. The zero-order valence-corrected chi connectivity index (χ0v) is 26.1. The van der Waals surface area contributed by atoms with Crippen LogP contribution in [0.2, 0.25) is 0 Å².